The average molecular weight is 197 g/mol. The maximum atomic E-state index is 8.95. The van der Waals surface area contributed by atoms with Crippen molar-refractivity contribution in [1.29, 1.82) is 5.26 Å². The van der Waals surface area contributed by atoms with Gasteiger partial charge in [-0.25, -0.2) is 0 Å². The van der Waals surface area contributed by atoms with Crippen molar-refractivity contribution in [2.75, 3.05) is 33.3 Å². The third-order valence-corrected chi connectivity index (χ3v) is 2.58. The first kappa shape index (κ1) is 11.4. The van der Waals surface area contributed by atoms with E-state index in [1.165, 1.54) is 0 Å². The van der Waals surface area contributed by atoms with Gasteiger partial charge in [-0.1, -0.05) is 6.92 Å². The molecule has 0 aromatic rings. The Balaban J connectivity index is 2.43. The summed E-state index contributed by atoms with van der Waals surface area (Å²) in [5.41, 5.74) is 0. The molecule has 14 heavy (non-hydrogen) atoms. The minimum Gasteiger partial charge on any atom is -0.374 e. The molecule has 0 bridgehead atoms. The maximum Gasteiger partial charge on any atom is 0.0976 e. The molecule has 0 saturated carbocycles. The molecule has 0 radical (unpaired) electrons. The van der Waals surface area contributed by atoms with Crippen LogP contribution in [0.25, 0.3) is 0 Å². The van der Waals surface area contributed by atoms with Gasteiger partial charge < -0.3 is 10.1 Å². The highest BCUT2D eigenvalue weighted by molar-refractivity contribution is 4.92. The van der Waals surface area contributed by atoms with Gasteiger partial charge in [0.15, 0.2) is 0 Å². The van der Waals surface area contributed by atoms with Crippen LogP contribution in [0.3, 0.4) is 0 Å². The zero-order chi connectivity index (χ0) is 10.4. The van der Waals surface area contributed by atoms with Gasteiger partial charge in [0.2, 0.25) is 0 Å². The summed E-state index contributed by atoms with van der Waals surface area (Å²) in [5, 5.41) is 12.0. The molecule has 1 fully saturated rings. The van der Waals surface area contributed by atoms with E-state index in [0.29, 0.717) is 0 Å². The van der Waals surface area contributed by atoms with Crippen LogP contribution in [0.1, 0.15) is 13.3 Å². The van der Waals surface area contributed by atoms with Gasteiger partial charge in [-0.3, -0.25) is 4.90 Å². The van der Waals surface area contributed by atoms with Gasteiger partial charge >= 0.3 is 0 Å². The zero-order valence-electron chi connectivity index (χ0n) is 8.99. The Morgan fingerprint density at radius 1 is 1.71 bits per heavy atom. The van der Waals surface area contributed by atoms with Crippen molar-refractivity contribution in [2.45, 2.75) is 25.5 Å². The summed E-state index contributed by atoms with van der Waals surface area (Å²) in [7, 11) is 1.92. The van der Waals surface area contributed by atoms with Gasteiger partial charge in [-0.05, 0) is 13.5 Å². The number of rotatable bonds is 4. The summed E-state index contributed by atoms with van der Waals surface area (Å²) in [4.78, 5) is 2.21. The predicted octanol–water partition coefficient (Wildman–Crippen LogP) is 0.209. The predicted molar refractivity (Wildman–Crippen MR) is 54.9 cm³/mol. The van der Waals surface area contributed by atoms with E-state index < -0.39 is 0 Å². The molecular formula is C10H19N3O. The molecule has 2 atom stereocenters. The average Bonchev–Trinajstić information content (AvgIpc) is 2.21. The second kappa shape index (κ2) is 5.97. The molecule has 4 heteroatoms. The van der Waals surface area contributed by atoms with Crippen molar-refractivity contribution in [3.63, 3.8) is 0 Å². The molecule has 0 amide bonds. The van der Waals surface area contributed by atoms with Crippen LogP contribution in [-0.4, -0.2) is 50.3 Å². The largest absolute Gasteiger partial charge is 0.374 e. The van der Waals surface area contributed by atoms with Gasteiger partial charge in [0, 0.05) is 19.6 Å². The van der Waals surface area contributed by atoms with Crippen molar-refractivity contribution >= 4 is 0 Å². The Hall–Kier alpha value is -0.630. The molecule has 0 aromatic carbocycles. The van der Waals surface area contributed by atoms with E-state index in [2.05, 4.69) is 23.2 Å². The molecule has 0 aliphatic carbocycles. The van der Waals surface area contributed by atoms with Crippen LogP contribution >= 0.6 is 0 Å². The second-order valence-corrected chi connectivity index (χ2v) is 3.60. The molecule has 1 saturated heterocycles. The van der Waals surface area contributed by atoms with E-state index in [0.717, 1.165) is 32.7 Å². The van der Waals surface area contributed by atoms with Crippen LogP contribution in [0, 0.1) is 11.3 Å². The summed E-state index contributed by atoms with van der Waals surface area (Å²) < 4.78 is 5.57. The van der Waals surface area contributed by atoms with Gasteiger partial charge in [0.05, 0.1) is 24.8 Å². The molecule has 2 unspecified atom stereocenters. The Bertz CT molecular complexity index is 200. The van der Waals surface area contributed by atoms with Crippen molar-refractivity contribution < 1.29 is 4.74 Å². The highest BCUT2D eigenvalue weighted by Gasteiger charge is 2.24. The highest BCUT2D eigenvalue weighted by atomic mass is 16.5. The van der Waals surface area contributed by atoms with E-state index in [1.54, 1.807) is 0 Å². The standard InChI is InChI=1S/C10H19N3O/c1-3-9(6-11)13-4-5-14-10(8-13)7-12-2/h9-10,12H,3-5,7-8H2,1-2H3. The number of hydrogen-bond acceptors (Lipinski definition) is 4. The van der Waals surface area contributed by atoms with E-state index in [4.69, 9.17) is 10.00 Å². The fraction of sp³-hybridized carbons (Fsp3) is 0.900. The molecule has 4 nitrogen and oxygen atoms in total. The molecule has 1 aliphatic heterocycles. The Kier molecular flexibility index (Phi) is 4.88. The molecule has 1 rings (SSSR count). The fourth-order valence-corrected chi connectivity index (χ4v) is 1.81. The van der Waals surface area contributed by atoms with Crippen molar-refractivity contribution in [3.8, 4) is 6.07 Å². The van der Waals surface area contributed by atoms with Gasteiger partial charge in [-0.15, -0.1) is 0 Å². The highest BCUT2D eigenvalue weighted by Crippen LogP contribution is 2.10. The topological polar surface area (TPSA) is 48.3 Å². The summed E-state index contributed by atoms with van der Waals surface area (Å²) in [6.07, 6.45) is 1.12. The first-order valence-electron chi connectivity index (χ1n) is 5.21. The van der Waals surface area contributed by atoms with Gasteiger partial charge in [0.25, 0.3) is 0 Å². The Morgan fingerprint density at radius 2 is 2.50 bits per heavy atom. The number of nitriles is 1. The normalized spacial score (nSPS) is 25.6. The van der Waals surface area contributed by atoms with Crippen molar-refractivity contribution in [3.05, 3.63) is 0 Å². The molecule has 1 heterocycles. The number of nitrogens with one attached hydrogen (secondary N) is 1. The lowest BCUT2D eigenvalue weighted by molar-refractivity contribution is -0.0344. The van der Waals surface area contributed by atoms with Crippen LogP contribution in [0.15, 0.2) is 0 Å². The maximum absolute atomic E-state index is 8.95. The molecule has 1 N–H and O–H groups in total. The van der Waals surface area contributed by atoms with Crippen LogP contribution in [0.2, 0.25) is 0 Å². The van der Waals surface area contributed by atoms with Crippen molar-refractivity contribution in [2.24, 2.45) is 0 Å². The van der Waals surface area contributed by atoms with Crippen LogP contribution < -0.4 is 5.32 Å². The summed E-state index contributed by atoms with van der Waals surface area (Å²) >= 11 is 0. The van der Waals surface area contributed by atoms with E-state index in [1.807, 2.05) is 7.05 Å². The first-order valence-corrected chi connectivity index (χ1v) is 5.21. The van der Waals surface area contributed by atoms with Gasteiger partial charge in [-0.2, -0.15) is 5.26 Å². The molecule has 80 valence electrons. The van der Waals surface area contributed by atoms with E-state index >= 15 is 0 Å². The quantitative estimate of drug-likeness (QED) is 0.700. The molecule has 0 spiro atoms. The summed E-state index contributed by atoms with van der Waals surface area (Å²) in [6, 6.07) is 2.39. The third-order valence-electron chi connectivity index (χ3n) is 2.58. The minimum absolute atomic E-state index is 0.0539. The van der Waals surface area contributed by atoms with E-state index in [-0.39, 0.29) is 12.1 Å². The minimum atomic E-state index is 0.0539. The second-order valence-electron chi connectivity index (χ2n) is 3.60. The number of likely N-dealkylation sites (N-methyl/N-ethyl adjacent to an activating group) is 1. The Labute approximate surface area is 85.8 Å². The van der Waals surface area contributed by atoms with Crippen LogP contribution in [0.4, 0.5) is 0 Å². The zero-order valence-corrected chi connectivity index (χ0v) is 8.99. The lowest BCUT2D eigenvalue weighted by atomic mass is 10.1. The number of morpholine rings is 1. The van der Waals surface area contributed by atoms with Crippen molar-refractivity contribution in [1.82, 2.24) is 10.2 Å². The lowest BCUT2D eigenvalue weighted by Gasteiger charge is -2.35. The smallest absolute Gasteiger partial charge is 0.0976 e. The molecular weight excluding hydrogens is 178 g/mol. The van der Waals surface area contributed by atoms with Crippen LogP contribution in [0.5, 0.6) is 0 Å². The van der Waals surface area contributed by atoms with Gasteiger partial charge in [0.1, 0.15) is 0 Å². The third kappa shape index (κ3) is 2.95. The van der Waals surface area contributed by atoms with E-state index in [9.17, 15) is 0 Å². The number of ether oxygens (including phenoxy) is 1. The first-order chi connectivity index (χ1) is 6.81. The monoisotopic (exact) mass is 197 g/mol. The fourth-order valence-electron chi connectivity index (χ4n) is 1.81. The lowest BCUT2D eigenvalue weighted by Crippen LogP contribution is -2.49. The summed E-state index contributed by atoms with van der Waals surface area (Å²) in [5.74, 6) is 0. The number of hydrogen-bond donors (Lipinski definition) is 1. The Morgan fingerprint density at radius 3 is 3.07 bits per heavy atom. The molecule has 1 aliphatic rings. The number of nitrogens with zero attached hydrogens (tertiary/aromatic N) is 2. The molecule has 0 aromatic heterocycles. The SMILES string of the molecule is CCC(C#N)N1CCOC(CNC)C1. The van der Waals surface area contributed by atoms with Crippen LogP contribution in [-0.2, 0) is 4.74 Å². The summed E-state index contributed by atoms with van der Waals surface area (Å²) in [6.45, 7) is 5.40.